The fourth-order valence-corrected chi connectivity index (χ4v) is 2.56. The van der Waals surface area contributed by atoms with E-state index in [1.54, 1.807) is 7.11 Å². The Balaban J connectivity index is 1.81. The van der Waals surface area contributed by atoms with Crippen LogP contribution in [0.2, 0.25) is 0 Å². The van der Waals surface area contributed by atoms with E-state index in [-0.39, 0.29) is 11.8 Å². The van der Waals surface area contributed by atoms with Crippen molar-refractivity contribution in [3.63, 3.8) is 0 Å². The van der Waals surface area contributed by atoms with Gasteiger partial charge in [-0.15, -0.1) is 0 Å². The first-order valence-electron chi connectivity index (χ1n) is 7.84. The van der Waals surface area contributed by atoms with Crippen LogP contribution in [0.5, 0.6) is 5.75 Å². The smallest absolute Gasteiger partial charge is 0.220 e. The van der Waals surface area contributed by atoms with Crippen molar-refractivity contribution in [2.45, 2.75) is 25.7 Å². The van der Waals surface area contributed by atoms with Crippen molar-refractivity contribution < 1.29 is 9.53 Å². The molecule has 1 unspecified atom stereocenters. The van der Waals surface area contributed by atoms with Crippen LogP contribution in [0.1, 0.15) is 30.4 Å². The van der Waals surface area contributed by atoms with Crippen LogP contribution in [-0.2, 0) is 11.2 Å². The van der Waals surface area contributed by atoms with Gasteiger partial charge in [0.15, 0.2) is 0 Å². The summed E-state index contributed by atoms with van der Waals surface area (Å²) < 4.78 is 5.35. The van der Waals surface area contributed by atoms with Crippen LogP contribution in [0.15, 0.2) is 48.5 Å². The van der Waals surface area contributed by atoms with Crippen molar-refractivity contribution in [2.75, 3.05) is 19.4 Å². The van der Waals surface area contributed by atoms with Crippen molar-refractivity contribution in [2.24, 2.45) is 0 Å². The number of rotatable bonds is 7. The van der Waals surface area contributed by atoms with E-state index in [1.165, 1.54) is 0 Å². The van der Waals surface area contributed by atoms with E-state index in [1.807, 2.05) is 55.5 Å². The van der Waals surface area contributed by atoms with E-state index < -0.39 is 0 Å². The van der Waals surface area contributed by atoms with Crippen LogP contribution in [-0.4, -0.2) is 19.6 Å². The van der Waals surface area contributed by atoms with Gasteiger partial charge in [-0.05, 0) is 41.7 Å². The summed E-state index contributed by atoms with van der Waals surface area (Å²) in [7, 11) is 1.65. The average Bonchev–Trinajstić information content (AvgIpc) is 2.56. The Morgan fingerprint density at radius 3 is 2.57 bits per heavy atom. The number of carbonyl (C=O) groups excluding carboxylic acids is 1. The average molecular weight is 312 g/mol. The number of nitrogens with one attached hydrogen (secondary N) is 1. The number of carbonyl (C=O) groups is 1. The molecule has 0 saturated carbocycles. The van der Waals surface area contributed by atoms with Crippen LogP contribution in [0, 0.1) is 0 Å². The van der Waals surface area contributed by atoms with Crippen LogP contribution >= 0.6 is 0 Å². The summed E-state index contributed by atoms with van der Waals surface area (Å²) in [5, 5.41) is 2.97. The van der Waals surface area contributed by atoms with Crippen LogP contribution in [0.25, 0.3) is 0 Å². The summed E-state index contributed by atoms with van der Waals surface area (Å²) >= 11 is 0. The Bertz CT molecular complexity index is 638. The fraction of sp³-hybridized carbons (Fsp3) is 0.316. The molecule has 2 rings (SSSR count). The molecule has 3 N–H and O–H groups in total. The molecule has 0 aliphatic rings. The summed E-state index contributed by atoms with van der Waals surface area (Å²) in [5.41, 5.74) is 8.63. The Kier molecular flexibility index (Phi) is 6.03. The number of hydrogen-bond donors (Lipinski definition) is 2. The Labute approximate surface area is 137 Å². The number of amides is 1. The predicted octanol–water partition coefficient (Wildman–Crippen LogP) is 3.13. The lowest BCUT2D eigenvalue weighted by molar-refractivity contribution is -0.121. The molecule has 0 radical (unpaired) electrons. The normalized spacial score (nSPS) is 11.7. The summed E-state index contributed by atoms with van der Waals surface area (Å²) in [5.74, 6) is 0.996. The molecule has 0 aromatic heterocycles. The Morgan fingerprint density at radius 2 is 1.87 bits per heavy atom. The molecule has 0 spiro atoms. The topological polar surface area (TPSA) is 64.3 Å². The molecule has 122 valence electrons. The highest BCUT2D eigenvalue weighted by Gasteiger charge is 2.14. The second kappa shape index (κ2) is 8.22. The van der Waals surface area contributed by atoms with Crippen molar-refractivity contribution >= 4 is 11.6 Å². The second-order valence-corrected chi connectivity index (χ2v) is 5.69. The molecular weight excluding hydrogens is 288 g/mol. The second-order valence-electron chi connectivity index (χ2n) is 5.69. The van der Waals surface area contributed by atoms with Crippen molar-refractivity contribution in [1.29, 1.82) is 0 Å². The lowest BCUT2D eigenvalue weighted by Gasteiger charge is -2.15. The summed E-state index contributed by atoms with van der Waals surface area (Å²) in [4.78, 5) is 12.1. The third-order valence-electron chi connectivity index (χ3n) is 3.88. The van der Waals surface area contributed by atoms with E-state index in [0.717, 1.165) is 29.0 Å². The van der Waals surface area contributed by atoms with Gasteiger partial charge in [-0.25, -0.2) is 0 Å². The van der Waals surface area contributed by atoms with Crippen molar-refractivity contribution in [3.05, 3.63) is 59.7 Å². The number of nitrogen functional groups attached to an aromatic ring is 1. The molecule has 1 atom stereocenters. The zero-order valence-corrected chi connectivity index (χ0v) is 13.7. The maximum atomic E-state index is 12.1. The van der Waals surface area contributed by atoms with Gasteiger partial charge < -0.3 is 15.8 Å². The fourth-order valence-electron chi connectivity index (χ4n) is 2.56. The van der Waals surface area contributed by atoms with Gasteiger partial charge in [0.2, 0.25) is 5.91 Å². The zero-order valence-electron chi connectivity index (χ0n) is 13.7. The van der Waals surface area contributed by atoms with E-state index in [0.29, 0.717) is 13.0 Å². The van der Waals surface area contributed by atoms with Gasteiger partial charge in [0.05, 0.1) is 7.11 Å². The minimum Gasteiger partial charge on any atom is -0.496 e. The lowest BCUT2D eigenvalue weighted by Crippen LogP contribution is -2.26. The van der Waals surface area contributed by atoms with Gasteiger partial charge in [-0.1, -0.05) is 37.3 Å². The van der Waals surface area contributed by atoms with Crippen LogP contribution in [0.3, 0.4) is 0 Å². The molecule has 2 aromatic carbocycles. The van der Waals surface area contributed by atoms with Gasteiger partial charge in [-0.2, -0.15) is 0 Å². The van der Waals surface area contributed by atoms with E-state index in [4.69, 9.17) is 10.5 Å². The molecule has 0 saturated heterocycles. The summed E-state index contributed by atoms with van der Waals surface area (Å²) in [6, 6.07) is 15.5. The first-order valence-corrected chi connectivity index (χ1v) is 7.84. The molecule has 1 amide bonds. The van der Waals surface area contributed by atoms with Crippen molar-refractivity contribution in [3.8, 4) is 5.75 Å². The highest BCUT2D eigenvalue weighted by Crippen LogP contribution is 2.28. The molecule has 4 heteroatoms. The number of benzene rings is 2. The molecule has 23 heavy (non-hydrogen) atoms. The number of nitrogens with two attached hydrogens (primary N) is 1. The van der Waals surface area contributed by atoms with E-state index in [2.05, 4.69) is 5.32 Å². The third kappa shape index (κ3) is 5.02. The molecule has 0 heterocycles. The Morgan fingerprint density at radius 1 is 1.17 bits per heavy atom. The SMILES string of the molecule is COc1ccccc1C(C)CC(=O)NCCc1ccc(N)cc1. The van der Waals surface area contributed by atoms with Gasteiger partial charge in [0.1, 0.15) is 5.75 Å². The highest BCUT2D eigenvalue weighted by molar-refractivity contribution is 5.77. The minimum atomic E-state index is 0.0545. The maximum absolute atomic E-state index is 12.1. The Hall–Kier alpha value is -2.49. The monoisotopic (exact) mass is 312 g/mol. The van der Waals surface area contributed by atoms with Gasteiger partial charge in [-0.3, -0.25) is 4.79 Å². The molecule has 2 aromatic rings. The molecule has 0 aliphatic heterocycles. The lowest BCUT2D eigenvalue weighted by atomic mass is 9.96. The van der Waals surface area contributed by atoms with Crippen LogP contribution < -0.4 is 15.8 Å². The number of methoxy groups -OCH3 is 1. The van der Waals surface area contributed by atoms with Gasteiger partial charge in [0, 0.05) is 18.7 Å². The zero-order chi connectivity index (χ0) is 16.7. The largest absolute Gasteiger partial charge is 0.496 e. The number of anilines is 1. The molecule has 0 aliphatic carbocycles. The first kappa shape index (κ1) is 16.9. The van der Waals surface area contributed by atoms with Gasteiger partial charge >= 0.3 is 0 Å². The predicted molar refractivity (Wildman–Crippen MR) is 93.6 cm³/mol. The van der Waals surface area contributed by atoms with E-state index in [9.17, 15) is 4.79 Å². The molecule has 4 nitrogen and oxygen atoms in total. The van der Waals surface area contributed by atoms with Crippen molar-refractivity contribution in [1.82, 2.24) is 5.32 Å². The van der Waals surface area contributed by atoms with E-state index >= 15 is 0 Å². The first-order chi connectivity index (χ1) is 11.1. The summed E-state index contributed by atoms with van der Waals surface area (Å²) in [6.07, 6.45) is 1.25. The minimum absolute atomic E-state index is 0.0545. The third-order valence-corrected chi connectivity index (χ3v) is 3.88. The summed E-state index contributed by atoms with van der Waals surface area (Å²) in [6.45, 7) is 2.67. The maximum Gasteiger partial charge on any atom is 0.220 e. The van der Waals surface area contributed by atoms with Gasteiger partial charge in [0.25, 0.3) is 0 Å². The highest BCUT2D eigenvalue weighted by atomic mass is 16.5. The molecular formula is C19H24N2O2. The number of ether oxygens (including phenoxy) is 1. The number of para-hydroxylation sites is 1. The standard InChI is InChI=1S/C19H24N2O2/c1-14(17-5-3-4-6-18(17)23-2)13-19(22)21-12-11-15-7-9-16(20)10-8-15/h3-10,14H,11-13,20H2,1-2H3,(H,21,22). The molecule has 0 bridgehead atoms. The quantitative estimate of drug-likeness (QED) is 0.772. The number of hydrogen-bond acceptors (Lipinski definition) is 3. The van der Waals surface area contributed by atoms with Crippen LogP contribution in [0.4, 0.5) is 5.69 Å². The molecule has 0 fully saturated rings.